The fourth-order valence-corrected chi connectivity index (χ4v) is 8.34. The van der Waals surface area contributed by atoms with Crippen LogP contribution >= 0.6 is 22.6 Å². The molecule has 2 atom stereocenters. The molecule has 0 aliphatic carbocycles. The van der Waals surface area contributed by atoms with Crippen LogP contribution in [-0.2, 0) is 4.43 Å². The van der Waals surface area contributed by atoms with Crippen LogP contribution in [0.15, 0.2) is 91.0 Å². The molecule has 0 heterocycles. The molecule has 0 fully saturated rings. The summed E-state index contributed by atoms with van der Waals surface area (Å²) in [5, 5.41) is 3.89. The van der Waals surface area contributed by atoms with Crippen LogP contribution in [0.25, 0.3) is 0 Å². The van der Waals surface area contributed by atoms with E-state index in [1.165, 1.54) is 15.6 Å². The molecular weight excluding hydrogens is 447 g/mol. The zero-order valence-corrected chi connectivity index (χ0v) is 18.5. The number of halogens is 1. The second kappa shape index (κ2) is 8.98. The number of hydrogen-bond donors (Lipinski definition) is 0. The second-order valence-corrected chi connectivity index (χ2v) is 12.2. The highest BCUT2D eigenvalue weighted by Crippen LogP contribution is 2.17. The van der Waals surface area contributed by atoms with Gasteiger partial charge < -0.3 is 4.43 Å². The number of alkyl halides is 1. The average molecular weight is 472 g/mol. The Morgan fingerprint density at radius 3 is 1.35 bits per heavy atom. The number of hydrogen-bond acceptors (Lipinski definition) is 1. The topological polar surface area (TPSA) is 9.23 Å². The largest absolute Gasteiger partial charge is 0.401 e. The van der Waals surface area contributed by atoms with Gasteiger partial charge in [-0.3, -0.25) is 0 Å². The highest BCUT2D eigenvalue weighted by atomic mass is 127. The van der Waals surface area contributed by atoms with Gasteiger partial charge in [-0.25, -0.2) is 0 Å². The van der Waals surface area contributed by atoms with Crippen LogP contribution in [-0.4, -0.2) is 18.3 Å². The lowest BCUT2D eigenvalue weighted by Crippen LogP contribution is -2.70. The van der Waals surface area contributed by atoms with Crippen molar-refractivity contribution in [3.8, 4) is 0 Å². The maximum atomic E-state index is 7.04. The zero-order chi connectivity index (χ0) is 18.4. The van der Waals surface area contributed by atoms with Gasteiger partial charge >= 0.3 is 0 Å². The van der Waals surface area contributed by atoms with Crippen molar-refractivity contribution >= 4 is 46.5 Å². The van der Waals surface area contributed by atoms with E-state index in [1.807, 2.05) is 0 Å². The summed E-state index contributed by atoms with van der Waals surface area (Å²) < 4.78 is 7.62. The van der Waals surface area contributed by atoms with Gasteiger partial charge in [-0.15, -0.1) is 0 Å². The second-order valence-electron chi connectivity index (χ2n) is 6.72. The fraction of sp³-hybridized carbons (Fsp3) is 0.217. The molecule has 0 amide bonds. The molecule has 0 spiro atoms. The minimum absolute atomic E-state index is 0.189. The first-order valence-corrected chi connectivity index (χ1v) is 12.3. The maximum Gasteiger partial charge on any atom is 0.288 e. The summed E-state index contributed by atoms with van der Waals surface area (Å²) in [6, 6.07) is 32.3. The molecular formula is C23H25IOSi. The van der Waals surface area contributed by atoms with Crippen LogP contribution in [0.5, 0.6) is 0 Å². The predicted octanol–water partition coefficient (Wildman–Crippen LogP) is 4.27. The predicted molar refractivity (Wildman–Crippen MR) is 123 cm³/mol. The minimum Gasteiger partial charge on any atom is -0.401 e. The molecule has 0 saturated carbocycles. The summed E-state index contributed by atoms with van der Waals surface area (Å²) >= 11 is 2.49. The minimum atomic E-state index is -2.56. The monoisotopic (exact) mass is 472 g/mol. The first kappa shape index (κ1) is 19.3. The Hall–Kier alpha value is -1.43. The van der Waals surface area contributed by atoms with E-state index in [1.54, 1.807) is 0 Å². The summed E-state index contributed by atoms with van der Waals surface area (Å²) in [6.07, 6.45) is 1.23. The van der Waals surface area contributed by atoms with Gasteiger partial charge in [-0.1, -0.05) is 121 Å². The van der Waals surface area contributed by atoms with E-state index in [4.69, 9.17) is 4.43 Å². The lowest BCUT2D eigenvalue weighted by molar-refractivity contribution is 0.214. The SMILES string of the molecule is CC(I)C[C@@H](C)O[Si](c1ccccc1)(c1ccccc1)c1ccccc1. The summed E-state index contributed by atoms with van der Waals surface area (Å²) in [6.45, 7) is 4.46. The Labute approximate surface area is 171 Å². The molecule has 3 rings (SSSR count). The van der Waals surface area contributed by atoms with Crippen LogP contribution in [0, 0.1) is 0 Å². The number of benzene rings is 3. The Morgan fingerprint density at radius 2 is 1.04 bits per heavy atom. The van der Waals surface area contributed by atoms with Crippen molar-refractivity contribution in [2.75, 3.05) is 0 Å². The summed E-state index contributed by atoms with van der Waals surface area (Å²) in [5.41, 5.74) is 0. The molecule has 0 N–H and O–H groups in total. The van der Waals surface area contributed by atoms with Crippen molar-refractivity contribution in [3.63, 3.8) is 0 Å². The maximum absolute atomic E-state index is 7.04. The van der Waals surface area contributed by atoms with E-state index in [2.05, 4.69) is 127 Å². The molecule has 0 aromatic heterocycles. The van der Waals surface area contributed by atoms with E-state index in [0.717, 1.165) is 6.42 Å². The van der Waals surface area contributed by atoms with E-state index < -0.39 is 8.32 Å². The van der Waals surface area contributed by atoms with Crippen LogP contribution in [0.4, 0.5) is 0 Å². The normalized spacial score (nSPS) is 14.0. The summed E-state index contributed by atoms with van der Waals surface area (Å²) in [7, 11) is -2.56. The molecule has 3 aromatic rings. The molecule has 0 aliphatic heterocycles. The quantitative estimate of drug-likeness (QED) is 0.216. The average Bonchev–Trinajstić information content (AvgIpc) is 2.67. The van der Waals surface area contributed by atoms with Gasteiger partial charge in [0.15, 0.2) is 0 Å². The fourth-order valence-electron chi connectivity index (χ4n) is 3.53. The van der Waals surface area contributed by atoms with Crippen LogP contribution in [0.1, 0.15) is 20.3 Å². The first-order valence-electron chi connectivity index (χ1n) is 9.11. The van der Waals surface area contributed by atoms with Crippen molar-refractivity contribution in [2.45, 2.75) is 30.3 Å². The third kappa shape index (κ3) is 4.27. The van der Waals surface area contributed by atoms with Crippen molar-refractivity contribution in [2.24, 2.45) is 0 Å². The molecule has 3 heteroatoms. The highest BCUT2D eigenvalue weighted by molar-refractivity contribution is 14.1. The van der Waals surface area contributed by atoms with Crippen LogP contribution < -0.4 is 15.6 Å². The molecule has 0 radical (unpaired) electrons. The molecule has 0 saturated heterocycles. The van der Waals surface area contributed by atoms with Gasteiger partial charge in [0, 0.05) is 10.0 Å². The van der Waals surface area contributed by atoms with Crippen molar-refractivity contribution in [3.05, 3.63) is 91.0 Å². The molecule has 1 unspecified atom stereocenters. The standard InChI is InChI=1S/C23H25IOSi/c1-19(24)18-20(2)25-26(21-12-6-3-7-13-21,22-14-8-4-9-15-22)23-16-10-5-11-17-23/h3-17,19-20H,18H2,1-2H3/t19?,20-/m1/s1. The van der Waals surface area contributed by atoms with E-state index in [-0.39, 0.29) is 6.10 Å². The number of rotatable bonds is 7. The lowest BCUT2D eigenvalue weighted by atomic mass is 10.2. The first-order chi connectivity index (χ1) is 12.6. The summed E-state index contributed by atoms with van der Waals surface area (Å²) in [5.74, 6) is 0. The van der Waals surface area contributed by atoms with Crippen molar-refractivity contribution in [1.29, 1.82) is 0 Å². The van der Waals surface area contributed by atoms with Gasteiger partial charge in [0.1, 0.15) is 0 Å². The van der Waals surface area contributed by atoms with Crippen LogP contribution in [0.2, 0.25) is 0 Å². The van der Waals surface area contributed by atoms with Gasteiger partial charge in [0.25, 0.3) is 8.32 Å². The molecule has 0 aliphatic rings. The molecule has 1 nitrogen and oxygen atoms in total. The lowest BCUT2D eigenvalue weighted by Gasteiger charge is -2.36. The van der Waals surface area contributed by atoms with Crippen molar-refractivity contribution in [1.82, 2.24) is 0 Å². The van der Waals surface area contributed by atoms with E-state index in [9.17, 15) is 0 Å². The Morgan fingerprint density at radius 1 is 0.692 bits per heavy atom. The Bertz CT molecular complexity index is 694. The van der Waals surface area contributed by atoms with Gasteiger partial charge in [0.2, 0.25) is 0 Å². The smallest absolute Gasteiger partial charge is 0.288 e. The van der Waals surface area contributed by atoms with Crippen molar-refractivity contribution < 1.29 is 4.43 Å². The molecule has 0 bridgehead atoms. The van der Waals surface area contributed by atoms with Gasteiger partial charge in [0.05, 0.1) is 0 Å². The van der Waals surface area contributed by atoms with E-state index >= 15 is 0 Å². The van der Waals surface area contributed by atoms with Gasteiger partial charge in [-0.2, -0.15) is 0 Å². The molecule has 3 aromatic carbocycles. The third-order valence-electron chi connectivity index (χ3n) is 4.58. The Balaban J connectivity index is 2.21. The molecule has 26 heavy (non-hydrogen) atoms. The zero-order valence-electron chi connectivity index (χ0n) is 15.3. The van der Waals surface area contributed by atoms with Crippen LogP contribution in [0.3, 0.4) is 0 Å². The third-order valence-corrected chi connectivity index (χ3v) is 9.28. The Kier molecular flexibility index (Phi) is 6.67. The van der Waals surface area contributed by atoms with Gasteiger partial charge in [-0.05, 0) is 28.9 Å². The summed E-state index contributed by atoms with van der Waals surface area (Å²) in [4.78, 5) is 0. The van der Waals surface area contributed by atoms with E-state index in [0.29, 0.717) is 3.92 Å². The highest BCUT2D eigenvalue weighted by Gasteiger charge is 2.43. The molecule has 134 valence electrons.